The first-order valence-corrected chi connectivity index (χ1v) is 6.48. The Bertz CT molecular complexity index is 624. The van der Waals surface area contributed by atoms with Crippen molar-refractivity contribution in [2.45, 2.75) is 12.8 Å². The molecule has 0 fully saturated rings. The average molecular weight is 286 g/mol. The molecule has 0 unspecified atom stereocenters. The predicted molar refractivity (Wildman–Crippen MR) is 78.0 cm³/mol. The lowest BCUT2D eigenvalue weighted by molar-refractivity contribution is -0.143. The SMILES string of the molecule is N/C(=N\OC(=O)CCc1ccccc1)c1ccc(F)cc1. The molecular formula is C16H15FN2O2. The summed E-state index contributed by atoms with van der Waals surface area (Å²) in [6, 6.07) is 15.0. The van der Waals surface area contributed by atoms with Crippen LogP contribution in [0.15, 0.2) is 59.8 Å². The highest BCUT2D eigenvalue weighted by Crippen LogP contribution is 2.05. The molecule has 0 heterocycles. The third kappa shape index (κ3) is 4.72. The van der Waals surface area contributed by atoms with E-state index in [-0.39, 0.29) is 18.1 Å². The molecule has 0 saturated heterocycles. The Kier molecular flexibility index (Phi) is 5.04. The zero-order valence-corrected chi connectivity index (χ0v) is 11.3. The Morgan fingerprint density at radius 2 is 1.76 bits per heavy atom. The molecule has 0 amide bonds. The number of carbonyl (C=O) groups excluding carboxylic acids is 1. The van der Waals surface area contributed by atoms with Crippen LogP contribution in [0.1, 0.15) is 17.5 Å². The van der Waals surface area contributed by atoms with Crippen LogP contribution in [-0.2, 0) is 16.1 Å². The van der Waals surface area contributed by atoms with E-state index >= 15 is 0 Å². The second kappa shape index (κ2) is 7.19. The van der Waals surface area contributed by atoms with E-state index in [2.05, 4.69) is 5.16 Å². The van der Waals surface area contributed by atoms with Gasteiger partial charge in [-0.15, -0.1) is 0 Å². The van der Waals surface area contributed by atoms with E-state index in [0.717, 1.165) is 5.56 Å². The topological polar surface area (TPSA) is 64.7 Å². The fourth-order valence-corrected chi connectivity index (χ4v) is 1.71. The summed E-state index contributed by atoms with van der Waals surface area (Å²) in [7, 11) is 0. The molecule has 2 N–H and O–H groups in total. The summed E-state index contributed by atoms with van der Waals surface area (Å²) in [5.41, 5.74) is 7.19. The highest BCUT2D eigenvalue weighted by atomic mass is 19.1. The van der Waals surface area contributed by atoms with Gasteiger partial charge in [0, 0.05) is 5.56 Å². The van der Waals surface area contributed by atoms with Crippen LogP contribution in [0.5, 0.6) is 0 Å². The van der Waals surface area contributed by atoms with E-state index in [1.165, 1.54) is 24.3 Å². The number of amidine groups is 1. The van der Waals surface area contributed by atoms with Gasteiger partial charge >= 0.3 is 5.97 Å². The van der Waals surface area contributed by atoms with Gasteiger partial charge in [-0.1, -0.05) is 35.5 Å². The van der Waals surface area contributed by atoms with Crippen LogP contribution >= 0.6 is 0 Å². The summed E-state index contributed by atoms with van der Waals surface area (Å²) in [5, 5.41) is 3.56. The molecule has 21 heavy (non-hydrogen) atoms. The first-order chi connectivity index (χ1) is 10.1. The second-order valence-corrected chi connectivity index (χ2v) is 4.43. The molecule has 5 heteroatoms. The maximum absolute atomic E-state index is 12.8. The standard InChI is InChI=1S/C16H15FN2O2/c17-14-9-7-13(8-10-14)16(18)19-21-15(20)11-6-12-4-2-1-3-5-12/h1-5,7-10H,6,11H2,(H2,18,19). The molecule has 0 spiro atoms. The number of oxime groups is 1. The maximum atomic E-state index is 12.8. The predicted octanol–water partition coefficient (Wildman–Crippen LogP) is 2.62. The van der Waals surface area contributed by atoms with Gasteiger partial charge in [0.25, 0.3) is 0 Å². The average Bonchev–Trinajstić information content (AvgIpc) is 2.52. The molecule has 108 valence electrons. The van der Waals surface area contributed by atoms with Gasteiger partial charge in [-0.25, -0.2) is 9.18 Å². The van der Waals surface area contributed by atoms with E-state index in [1.54, 1.807) is 0 Å². The van der Waals surface area contributed by atoms with Gasteiger partial charge in [-0.05, 0) is 36.2 Å². The first kappa shape index (κ1) is 14.7. The smallest absolute Gasteiger partial charge is 0.335 e. The number of nitrogens with two attached hydrogens (primary N) is 1. The molecule has 2 rings (SSSR count). The number of aryl methyl sites for hydroxylation is 1. The van der Waals surface area contributed by atoms with Crippen molar-refractivity contribution in [1.29, 1.82) is 0 Å². The summed E-state index contributed by atoms with van der Waals surface area (Å²) >= 11 is 0. The van der Waals surface area contributed by atoms with Gasteiger partial charge in [0.2, 0.25) is 0 Å². The Balaban J connectivity index is 1.85. The molecule has 0 aliphatic carbocycles. The fraction of sp³-hybridized carbons (Fsp3) is 0.125. The van der Waals surface area contributed by atoms with Gasteiger partial charge < -0.3 is 10.6 Å². The van der Waals surface area contributed by atoms with Crippen LogP contribution in [-0.4, -0.2) is 11.8 Å². The molecule has 0 saturated carbocycles. The zero-order valence-electron chi connectivity index (χ0n) is 11.3. The molecule has 0 aliphatic rings. The molecule has 0 radical (unpaired) electrons. The quantitative estimate of drug-likeness (QED) is 0.398. The van der Waals surface area contributed by atoms with Gasteiger partial charge in [0.05, 0.1) is 6.42 Å². The first-order valence-electron chi connectivity index (χ1n) is 6.48. The molecule has 2 aromatic rings. The highest BCUT2D eigenvalue weighted by molar-refractivity contribution is 5.97. The number of benzene rings is 2. The van der Waals surface area contributed by atoms with Crippen molar-refractivity contribution in [3.05, 3.63) is 71.5 Å². The Labute approximate surface area is 122 Å². The lowest BCUT2D eigenvalue weighted by Gasteiger charge is -2.02. The van der Waals surface area contributed by atoms with E-state index in [9.17, 15) is 9.18 Å². The Morgan fingerprint density at radius 3 is 2.43 bits per heavy atom. The lowest BCUT2D eigenvalue weighted by Crippen LogP contribution is -2.15. The third-order valence-corrected chi connectivity index (χ3v) is 2.85. The summed E-state index contributed by atoms with van der Waals surface area (Å²) in [4.78, 5) is 16.3. The fourth-order valence-electron chi connectivity index (χ4n) is 1.71. The largest absolute Gasteiger partial charge is 0.380 e. The van der Waals surface area contributed by atoms with Gasteiger partial charge in [0.1, 0.15) is 5.82 Å². The van der Waals surface area contributed by atoms with Gasteiger partial charge in [-0.2, -0.15) is 0 Å². The highest BCUT2D eigenvalue weighted by Gasteiger charge is 2.05. The zero-order chi connectivity index (χ0) is 15.1. The van der Waals surface area contributed by atoms with Crippen molar-refractivity contribution in [2.24, 2.45) is 10.9 Å². The third-order valence-electron chi connectivity index (χ3n) is 2.85. The van der Waals surface area contributed by atoms with Crippen molar-refractivity contribution in [3.8, 4) is 0 Å². The molecule has 4 nitrogen and oxygen atoms in total. The number of hydrogen-bond acceptors (Lipinski definition) is 3. The van der Waals surface area contributed by atoms with Crippen LogP contribution in [0.3, 0.4) is 0 Å². The minimum Gasteiger partial charge on any atom is -0.380 e. The van der Waals surface area contributed by atoms with Crippen LogP contribution < -0.4 is 5.73 Å². The van der Waals surface area contributed by atoms with E-state index < -0.39 is 5.97 Å². The van der Waals surface area contributed by atoms with Crippen molar-refractivity contribution in [3.63, 3.8) is 0 Å². The summed E-state index contributed by atoms with van der Waals surface area (Å²) in [5.74, 6) is -0.807. The van der Waals surface area contributed by atoms with Crippen molar-refractivity contribution >= 4 is 11.8 Å². The van der Waals surface area contributed by atoms with E-state index in [4.69, 9.17) is 10.6 Å². The number of nitrogens with zero attached hydrogens (tertiary/aromatic N) is 1. The normalized spacial score (nSPS) is 11.2. The summed E-state index contributed by atoms with van der Waals surface area (Å²) in [6.07, 6.45) is 0.788. The van der Waals surface area contributed by atoms with Gasteiger partial charge in [-0.3, -0.25) is 0 Å². The van der Waals surface area contributed by atoms with Crippen LogP contribution in [0.2, 0.25) is 0 Å². The van der Waals surface area contributed by atoms with Crippen LogP contribution in [0.4, 0.5) is 4.39 Å². The van der Waals surface area contributed by atoms with Crippen molar-refractivity contribution in [2.75, 3.05) is 0 Å². The number of halogens is 1. The summed E-state index contributed by atoms with van der Waals surface area (Å²) < 4.78 is 12.8. The lowest BCUT2D eigenvalue weighted by atomic mass is 10.1. The van der Waals surface area contributed by atoms with Crippen LogP contribution in [0.25, 0.3) is 0 Å². The van der Waals surface area contributed by atoms with E-state index in [1.807, 2.05) is 30.3 Å². The number of rotatable bonds is 5. The summed E-state index contributed by atoms with van der Waals surface area (Å²) in [6.45, 7) is 0. The monoisotopic (exact) mass is 286 g/mol. The Morgan fingerprint density at radius 1 is 1.10 bits per heavy atom. The minimum absolute atomic E-state index is 0.0306. The number of carbonyl (C=O) groups is 1. The minimum atomic E-state index is -0.469. The molecule has 2 aromatic carbocycles. The van der Waals surface area contributed by atoms with Gasteiger partial charge in [0.15, 0.2) is 5.84 Å². The molecular weight excluding hydrogens is 271 g/mol. The van der Waals surface area contributed by atoms with Crippen molar-refractivity contribution in [1.82, 2.24) is 0 Å². The Hall–Kier alpha value is -2.69. The van der Waals surface area contributed by atoms with Crippen molar-refractivity contribution < 1.29 is 14.0 Å². The second-order valence-electron chi connectivity index (χ2n) is 4.43. The molecule has 0 aliphatic heterocycles. The maximum Gasteiger partial charge on any atom is 0.335 e. The van der Waals surface area contributed by atoms with E-state index in [0.29, 0.717) is 12.0 Å². The molecule has 0 bridgehead atoms. The molecule has 0 atom stereocenters. The van der Waals surface area contributed by atoms with Crippen LogP contribution in [0, 0.1) is 5.82 Å². The number of hydrogen-bond donors (Lipinski definition) is 1. The molecule has 0 aromatic heterocycles.